The average molecular weight is 506 g/mol. The molecule has 5 rings (SSSR count). The van der Waals surface area contributed by atoms with Gasteiger partial charge in [0.1, 0.15) is 11.6 Å². The zero-order valence-electron chi connectivity index (χ0n) is 21.2. The first-order valence-electron chi connectivity index (χ1n) is 12.0. The predicted octanol–water partition coefficient (Wildman–Crippen LogP) is 5.33. The normalized spacial score (nSPS) is 15.6. The van der Waals surface area contributed by atoms with Gasteiger partial charge in [-0.15, -0.1) is 0 Å². The van der Waals surface area contributed by atoms with E-state index in [0.29, 0.717) is 28.4 Å². The van der Waals surface area contributed by atoms with Crippen molar-refractivity contribution in [3.05, 3.63) is 66.5 Å². The van der Waals surface area contributed by atoms with Crippen molar-refractivity contribution in [3.8, 4) is 5.75 Å². The fraction of sp³-hybridized carbons (Fsp3) is 0.296. The van der Waals surface area contributed by atoms with Gasteiger partial charge in [-0.2, -0.15) is 4.98 Å². The number of halogens is 2. The fourth-order valence-electron chi connectivity index (χ4n) is 4.42. The molecule has 0 bridgehead atoms. The van der Waals surface area contributed by atoms with E-state index < -0.39 is 11.6 Å². The summed E-state index contributed by atoms with van der Waals surface area (Å²) < 4.78 is 32.8. The number of ether oxygens (including phenoxy) is 1. The van der Waals surface area contributed by atoms with Gasteiger partial charge in [0.2, 0.25) is 5.95 Å². The van der Waals surface area contributed by atoms with Gasteiger partial charge in [-0.25, -0.2) is 13.8 Å². The van der Waals surface area contributed by atoms with E-state index >= 15 is 0 Å². The summed E-state index contributed by atoms with van der Waals surface area (Å²) in [6.45, 7) is 7.28. The summed E-state index contributed by atoms with van der Waals surface area (Å²) in [5, 5.41) is 6.84. The molecule has 2 aromatic carbocycles. The Morgan fingerprint density at radius 1 is 0.946 bits per heavy atom. The number of pyridine rings is 1. The highest BCUT2D eigenvalue weighted by Gasteiger charge is 2.32. The lowest BCUT2D eigenvalue weighted by Gasteiger charge is -2.46. The lowest BCUT2D eigenvalue weighted by molar-refractivity contribution is 0.138. The third-order valence-electron chi connectivity index (χ3n) is 6.74. The Kier molecular flexibility index (Phi) is 6.51. The summed E-state index contributed by atoms with van der Waals surface area (Å²) in [5.41, 5.74) is 2.85. The average Bonchev–Trinajstić information content (AvgIpc) is 2.87. The maximum absolute atomic E-state index is 13.6. The van der Waals surface area contributed by atoms with Crippen molar-refractivity contribution in [1.29, 1.82) is 0 Å². The predicted molar refractivity (Wildman–Crippen MR) is 142 cm³/mol. The molecule has 2 N–H and O–H groups in total. The van der Waals surface area contributed by atoms with E-state index in [0.717, 1.165) is 48.9 Å². The monoisotopic (exact) mass is 505 g/mol. The van der Waals surface area contributed by atoms with Crippen LogP contribution in [-0.4, -0.2) is 59.2 Å². The minimum atomic E-state index is -0.927. The molecule has 192 valence electrons. The van der Waals surface area contributed by atoms with Crippen LogP contribution in [0.5, 0.6) is 5.75 Å². The van der Waals surface area contributed by atoms with Crippen molar-refractivity contribution in [2.24, 2.45) is 0 Å². The molecular formula is C27H29F2N7O. The summed E-state index contributed by atoms with van der Waals surface area (Å²) >= 11 is 0. The molecule has 3 heterocycles. The van der Waals surface area contributed by atoms with Crippen molar-refractivity contribution in [2.75, 3.05) is 49.3 Å². The molecule has 1 aliphatic rings. The quantitative estimate of drug-likeness (QED) is 0.364. The van der Waals surface area contributed by atoms with Gasteiger partial charge in [0.05, 0.1) is 30.2 Å². The van der Waals surface area contributed by atoms with Crippen LogP contribution in [0, 0.1) is 11.6 Å². The Morgan fingerprint density at radius 3 is 2.54 bits per heavy atom. The van der Waals surface area contributed by atoms with Crippen LogP contribution in [0.3, 0.4) is 0 Å². The smallest absolute Gasteiger partial charge is 0.229 e. The molecule has 2 aromatic heterocycles. The molecule has 1 aliphatic heterocycles. The van der Waals surface area contributed by atoms with Crippen LogP contribution in [-0.2, 0) is 0 Å². The molecule has 37 heavy (non-hydrogen) atoms. The number of piperazine rings is 1. The fourth-order valence-corrected chi connectivity index (χ4v) is 4.42. The van der Waals surface area contributed by atoms with Crippen LogP contribution in [0.1, 0.15) is 13.8 Å². The van der Waals surface area contributed by atoms with Gasteiger partial charge < -0.3 is 20.3 Å². The number of nitrogens with one attached hydrogen (secondary N) is 2. The van der Waals surface area contributed by atoms with E-state index in [4.69, 9.17) is 4.74 Å². The molecule has 0 unspecified atom stereocenters. The Balaban J connectivity index is 1.32. The molecule has 0 atom stereocenters. The number of hydrogen-bond donors (Lipinski definition) is 2. The van der Waals surface area contributed by atoms with Crippen LogP contribution >= 0.6 is 0 Å². The Hall–Kier alpha value is -4.05. The highest BCUT2D eigenvalue weighted by molar-refractivity contribution is 5.82. The Bertz CT molecular complexity index is 1450. The zero-order chi connectivity index (χ0) is 26.2. The first kappa shape index (κ1) is 24.6. The van der Waals surface area contributed by atoms with Gasteiger partial charge in [-0.3, -0.25) is 9.88 Å². The van der Waals surface area contributed by atoms with Crippen molar-refractivity contribution in [2.45, 2.75) is 19.4 Å². The number of hydrogen-bond acceptors (Lipinski definition) is 8. The number of methoxy groups -OCH3 is 1. The van der Waals surface area contributed by atoms with E-state index in [-0.39, 0.29) is 5.54 Å². The zero-order valence-corrected chi connectivity index (χ0v) is 21.2. The van der Waals surface area contributed by atoms with Crippen LogP contribution < -0.4 is 20.3 Å². The molecule has 4 aromatic rings. The first-order chi connectivity index (χ1) is 17.7. The standard InChI is InChI=1S/C27H29F2N7O/c1-27(2)16-36(10-9-35(27)3)23-6-5-18(13-24(23)37-4)33-26-30-8-7-25(34-26)32-19-11-17-12-20(28)21(29)14-22(17)31-15-19/h5-8,11-15H,9-10,16H2,1-4H3,(H2,30,32,33,34). The van der Waals surface area contributed by atoms with E-state index in [1.54, 1.807) is 25.4 Å². The van der Waals surface area contributed by atoms with Crippen molar-refractivity contribution < 1.29 is 13.5 Å². The summed E-state index contributed by atoms with van der Waals surface area (Å²) in [5.74, 6) is -0.167. The second kappa shape index (κ2) is 9.78. The Morgan fingerprint density at radius 2 is 1.76 bits per heavy atom. The molecule has 0 aliphatic carbocycles. The minimum Gasteiger partial charge on any atom is -0.495 e. The summed E-state index contributed by atoms with van der Waals surface area (Å²) in [4.78, 5) is 17.8. The topological polar surface area (TPSA) is 78.4 Å². The number of fused-ring (bicyclic) bond motifs is 1. The first-order valence-corrected chi connectivity index (χ1v) is 12.0. The number of anilines is 5. The number of nitrogens with zero attached hydrogens (tertiary/aromatic N) is 5. The SMILES string of the molecule is COc1cc(Nc2nccc(Nc3cnc4cc(F)c(F)cc4c3)n2)ccc1N1CCN(C)C(C)(C)C1. The maximum atomic E-state index is 13.6. The molecule has 0 amide bonds. The van der Waals surface area contributed by atoms with Crippen molar-refractivity contribution in [1.82, 2.24) is 19.9 Å². The highest BCUT2D eigenvalue weighted by atomic mass is 19.2. The van der Waals surface area contributed by atoms with E-state index in [1.165, 1.54) is 6.20 Å². The third-order valence-corrected chi connectivity index (χ3v) is 6.74. The van der Waals surface area contributed by atoms with Gasteiger partial charge in [0.15, 0.2) is 11.6 Å². The lowest BCUT2D eigenvalue weighted by atomic mass is 9.99. The molecule has 0 spiro atoms. The molecule has 1 saturated heterocycles. The Labute approximate surface area is 214 Å². The van der Waals surface area contributed by atoms with Gasteiger partial charge in [0, 0.05) is 54.6 Å². The summed E-state index contributed by atoms with van der Waals surface area (Å²) in [6, 6.07) is 11.6. The summed E-state index contributed by atoms with van der Waals surface area (Å²) in [7, 11) is 3.82. The lowest BCUT2D eigenvalue weighted by Crippen LogP contribution is -2.57. The molecule has 0 radical (unpaired) electrons. The van der Waals surface area contributed by atoms with Crippen molar-refractivity contribution >= 4 is 39.7 Å². The van der Waals surface area contributed by atoms with Gasteiger partial charge in [-0.05, 0) is 51.2 Å². The summed E-state index contributed by atoms with van der Waals surface area (Å²) in [6.07, 6.45) is 3.16. The van der Waals surface area contributed by atoms with E-state index in [9.17, 15) is 8.78 Å². The number of likely N-dealkylation sites (N-methyl/N-ethyl adjacent to an activating group) is 1. The minimum absolute atomic E-state index is 0.0619. The number of aromatic nitrogens is 3. The van der Waals surface area contributed by atoms with Gasteiger partial charge >= 0.3 is 0 Å². The van der Waals surface area contributed by atoms with Crippen LogP contribution in [0.25, 0.3) is 10.9 Å². The van der Waals surface area contributed by atoms with Crippen LogP contribution in [0.15, 0.2) is 54.9 Å². The maximum Gasteiger partial charge on any atom is 0.229 e. The van der Waals surface area contributed by atoms with Gasteiger partial charge in [0.25, 0.3) is 0 Å². The number of benzene rings is 2. The highest BCUT2D eigenvalue weighted by Crippen LogP contribution is 2.35. The molecule has 1 fully saturated rings. The van der Waals surface area contributed by atoms with Crippen LogP contribution in [0.2, 0.25) is 0 Å². The molecular weight excluding hydrogens is 476 g/mol. The molecule has 8 nitrogen and oxygen atoms in total. The van der Waals surface area contributed by atoms with Crippen LogP contribution in [0.4, 0.5) is 37.6 Å². The third kappa shape index (κ3) is 5.24. The van der Waals surface area contributed by atoms with E-state index in [1.807, 2.05) is 18.2 Å². The molecule has 0 saturated carbocycles. The number of rotatable bonds is 6. The largest absolute Gasteiger partial charge is 0.495 e. The van der Waals surface area contributed by atoms with Crippen molar-refractivity contribution in [3.63, 3.8) is 0 Å². The molecule has 10 heteroatoms. The van der Waals surface area contributed by atoms with Gasteiger partial charge in [-0.1, -0.05) is 0 Å². The second-order valence-corrected chi connectivity index (χ2v) is 9.74. The van der Waals surface area contributed by atoms with E-state index in [2.05, 4.69) is 56.3 Å². The second-order valence-electron chi connectivity index (χ2n) is 9.74.